The van der Waals surface area contributed by atoms with Crippen LogP contribution >= 0.6 is 31.9 Å². The zero-order valence-electron chi connectivity index (χ0n) is 21.7. The minimum atomic E-state index is -0.395. The molecule has 0 N–H and O–H groups in total. The average Bonchev–Trinajstić information content (AvgIpc) is 3.47. The second kappa shape index (κ2) is 8.06. The van der Waals surface area contributed by atoms with Crippen LogP contribution in [-0.2, 0) is 10.8 Å². The van der Waals surface area contributed by atoms with Crippen LogP contribution in [0.4, 0.5) is 0 Å². The van der Waals surface area contributed by atoms with E-state index in [2.05, 4.69) is 153 Å². The molecule has 40 heavy (non-hydrogen) atoms. The van der Waals surface area contributed by atoms with E-state index < -0.39 is 5.41 Å². The third kappa shape index (κ3) is 2.51. The number of hydrogen-bond acceptors (Lipinski definition) is 0. The van der Waals surface area contributed by atoms with E-state index >= 15 is 0 Å². The molecule has 2 spiro atoms. The van der Waals surface area contributed by atoms with Gasteiger partial charge in [0.1, 0.15) is 0 Å². The molecule has 0 nitrogen and oxygen atoms in total. The van der Waals surface area contributed by atoms with E-state index in [4.69, 9.17) is 0 Å². The third-order valence-electron chi connectivity index (χ3n) is 9.80. The average molecular weight is 640 g/mol. The van der Waals surface area contributed by atoms with Gasteiger partial charge in [0.25, 0.3) is 0 Å². The highest BCUT2D eigenvalue weighted by Gasteiger charge is 2.59. The third-order valence-corrected chi connectivity index (χ3v) is 11.2. The lowest BCUT2D eigenvalue weighted by molar-refractivity contribution is 0.605. The van der Waals surface area contributed by atoms with E-state index in [9.17, 15) is 0 Å². The zero-order valence-corrected chi connectivity index (χ0v) is 24.9. The summed E-state index contributed by atoms with van der Waals surface area (Å²) in [5.41, 5.74) is 15.9. The lowest BCUT2D eigenvalue weighted by atomic mass is 9.51. The first-order valence-electron chi connectivity index (χ1n) is 14.0. The second-order valence-electron chi connectivity index (χ2n) is 11.3. The molecule has 0 fully saturated rings. The van der Waals surface area contributed by atoms with E-state index in [0.717, 1.165) is 17.3 Å². The fourth-order valence-electron chi connectivity index (χ4n) is 8.61. The Morgan fingerprint density at radius 1 is 0.475 bits per heavy atom. The molecule has 0 aliphatic heterocycles. The van der Waals surface area contributed by atoms with Crippen LogP contribution in [0.2, 0.25) is 0 Å². The van der Waals surface area contributed by atoms with Crippen molar-refractivity contribution >= 4 is 37.4 Å². The summed E-state index contributed by atoms with van der Waals surface area (Å²) < 4.78 is 2.39. The van der Waals surface area contributed by atoms with Gasteiger partial charge in [-0.3, -0.25) is 0 Å². The van der Waals surface area contributed by atoms with Crippen molar-refractivity contribution in [2.24, 2.45) is 0 Å². The highest BCUT2D eigenvalue weighted by molar-refractivity contribution is 9.12. The fraction of sp³-hybridized carbons (Fsp3) is 0.105. The molecule has 0 aromatic heterocycles. The van der Waals surface area contributed by atoms with Crippen LogP contribution in [0.5, 0.6) is 0 Å². The van der Waals surface area contributed by atoms with Gasteiger partial charge < -0.3 is 0 Å². The standard InChI is InChI=1S/C38H24Br2/c39-33-21-9-19-31-35(33)23-11-1-3-13-25(23)37(31)27-15-5-7-17-29(27)38(30-18-8-6-16-28(30)37)26-14-4-2-12-24(26)36-32(38)20-10-22-34(36)40/h1-9,11-19,21-22H,10,20H2. The SMILES string of the molecule is BrC1=CCCC2=C1c1ccccc1C21c2ccccc2C2(c3ccccc3-c3c(Br)cccc32)c2ccccc21. The van der Waals surface area contributed by atoms with E-state index in [1.165, 1.54) is 71.3 Å². The topological polar surface area (TPSA) is 0 Å². The summed E-state index contributed by atoms with van der Waals surface area (Å²) >= 11 is 7.97. The van der Waals surface area contributed by atoms with Crippen molar-refractivity contribution < 1.29 is 0 Å². The van der Waals surface area contributed by atoms with Crippen LogP contribution in [0.25, 0.3) is 16.7 Å². The summed E-state index contributed by atoms with van der Waals surface area (Å²) in [6, 6.07) is 43.6. The summed E-state index contributed by atoms with van der Waals surface area (Å²) in [4.78, 5) is 0. The lowest BCUT2D eigenvalue weighted by Gasteiger charge is -2.49. The fourth-order valence-corrected chi connectivity index (χ4v) is 9.88. The van der Waals surface area contributed by atoms with Gasteiger partial charge in [-0.1, -0.05) is 147 Å². The molecule has 190 valence electrons. The van der Waals surface area contributed by atoms with Gasteiger partial charge in [-0.15, -0.1) is 0 Å². The molecule has 4 aliphatic rings. The van der Waals surface area contributed by atoms with Crippen molar-refractivity contribution in [2.75, 3.05) is 0 Å². The van der Waals surface area contributed by atoms with Gasteiger partial charge in [-0.05, 0) is 80.1 Å². The van der Waals surface area contributed by atoms with Crippen LogP contribution in [0, 0.1) is 0 Å². The predicted molar refractivity (Wildman–Crippen MR) is 171 cm³/mol. The maximum Gasteiger partial charge on any atom is 0.0720 e. The highest BCUT2D eigenvalue weighted by atomic mass is 79.9. The Hall–Kier alpha value is -3.46. The number of allylic oxidation sites excluding steroid dienone is 4. The van der Waals surface area contributed by atoms with Crippen molar-refractivity contribution in [3.8, 4) is 11.1 Å². The summed E-state index contributed by atoms with van der Waals surface area (Å²) in [7, 11) is 0. The van der Waals surface area contributed by atoms with E-state index in [-0.39, 0.29) is 5.41 Å². The minimum Gasteiger partial charge on any atom is -0.0693 e. The van der Waals surface area contributed by atoms with Crippen molar-refractivity contribution in [1.29, 1.82) is 0 Å². The summed E-state index contributed by atoms with van der Waals surface area (Å²) in [5.74, 6) is 0. The molecule has 0 unspecified atom stereocenters. The Morgan fingerprint density at radius 2 is 0.975 bits per heavy atom. The maximum atomic E-state index is 4.00. The van der Waals surface area contributed by atoms with E-state index in [1.54, 1.807) is 0 Å². The quantitative estimate of drug-likeness (QED) is 0.155. The van der Waals surface area contributed by atoms with Crippen molar-refractivity contribution in [2.45, 2.75) is 23.7 Å². The van der Waals surface area contributed by atoms with Crippen LogP contribution in [0.1, 0.15) is 57.3 Å². The van der Waals surface area contributed by atoms with Crippen LogP contribution in [0.15, 0.2) is 136 Å². The Kier molecular flexibility index (Phi) is 4.69. The number of benzene rings is 5. The molecule has 0 amide bonds. The molecular formula is C38H24Br2. The molecule has 9 rings (SSSR count). The van der Waals surface area contributed by atoms with Crippen molar-refractivity contribution in [3.63, 3.8) is 0 Å². The smallest absolute Gasteiger partial charge is 0.0693 e. The molecule has 0 saturated heterocycles. The van der Waals surface area contributed by atoms with E-state index in [1.807, 2.05) is 0 Å². The van der Waals surface area contributed by atoms with Gasteiger partial charge in [0, 0.05) is 14.5 Å². The Balaban J connectivity index is 1.52. The minimum absolute atomic E-state index is 0.332. The predicted octanol–water partition coefficient (Wildman–Crippen LogP) is 10.3. The molecule has 2 heteroatoms. The first-order valence-corrected chi connectivity index (χ1v) is 15.6. The molecule has 5 aromatic rings. The van der Waals surface area contributed by atoms with Crippen molar-refractivity contribution in [3.05, 3.63) is 180 Å². The first kappa shape index (κ1) is 23.3. The normalized spacial score (nSPS) is 22.8. The monoisotopic (exact) mass is 638 g/mol. The van der Waals surface area contributed by atoms with Gasteiger partial charge in [0.2, 0.25) is 0 Å². The molecule has 0 heterocycles. The van der Waals surface area contributed by atoms with Gasteiger partial charge >= 0.3 is 0 Å². The summed E-state index contributed by atoms with van der Waals surface area (Å²) in [5, 5.41) is 0. The Bertz CT molecular complexity index is 1940. The number of rotatable bonds is 0. The molecule has 0 atom stereocenters. The largest absolute Gasteiger partial charge is 0.0720 e. The first-order chi connectivity index (χ1) is 19.7. The second-order valence-corrected chi connectivity index (χ2v) is 13.0. The van der Waals surface area contributed by atoms with Gasteiger partial charge in [-0.25, -0.2) is 0 Å². The number of fused-ring (bicyclic) bond motifs is 15. The molecule has 4 aliphatic carbocycles. The maximum absolute atomic E-state index is 4.00. The van der Waals surface area contributed by atoms with Gasteiger partial charge in [0.15, 0.2) is 0 Å². The molecule has 5 aromatic carbocycles. The number of halogens is 2. The summed E-state index contributed by atoms with van der Waals surface area (Å²) in [6.07, 6.45) is 4.45. The van der Waals surface area contributed by atoms with Crippen molar-refractivity contribution in [1.82, 2.24) is 0 Å². The van der Waals surface area contributed by atoms with Crippen LogP contribution in [-0.4, -0.2) is 0 Å². The van der Waals surface area contributed by atoms with E-state index in [0.29, 0.717) is 0 Å². The molecular weight excluding hydrogens is 616 g/mol. The molecule has 0 bridgehead atoms. The lowest BCUT2D eigenvalue weighted by Crippen LogP contribution is -2.44. The van der Waals surface area contributed by atoms with Gasteiger partial charge in [0.05, 0.1) is 10.8 Å². The van der Waals surface area contributed by atoms with Crippen LogP contribution in [0.3, 0.4) is 0 Å². The summed E-state index contributed by atoms with van der Waals surface area (Å²) in [6.45, 7) is 0. The highest BCUT2D eigenvalue weighted by Crippen LogP contribution is 2.68. The molecule has 0 saturated carbocycles. The Morgan fingerprint density at radius 3 is 1.62 bits per heavy atom. The van der Waals surface area contributed by atoms with Crippen LogP contribution < -0.4 is 0 Å². The zero-order chi connectivity index (χ0) is 26.6. The Labute approximate surface area is 251 Å². The number of hydrogen-bond donors (Lipinski definition) is 0. The van der Waals surface area contributed by atoms with Gasteiger partial charge in [-0.2, -0.15) is 0 Å². The molecule has 0 radical (unpaired) electrons.